The average Bonchev–Trinajstić information content (AvgIpc) is 3.13. The Kier molecular flexibility index (Phi) is 8.07. The standard InChI is InChI=1S/C25H32ClN3O3S/c1-3-32-25(31)23-19-9-8-17(2)14-21(19)33-24(23)27-22(30)16-29-12-10-28(11-13-29)15-18-6-4-5-7-20(18)26/h4-7,17H,3,8-16H2,1-2H3,(H,27,30). The summed E-state index contributed by atoms with van der Waals surface area (Å²) < 4.78 is 5.31. The van der Waals surface area contributed by atoms with Crippen LogP contribution in [0.5, 0.6) is 0 Å². The fourth-order valence-corrected chi connectivity index (χ4v) is 6.21. The van der Waals surface area contributed by atoms with E-state index in [2.05, 4.69) is 28.1 Å². The normalized spacial score (nSPS) is 19.2. The second kappa shape index (κ2) is 11.0. The molecule has 0 saturated carbocycles. The number of piperazine rings is 1. The number of rotatable bonds is 7. The monoisotopic (exact) mass is 489 g/mol. The zero-order valence-corrected chi connectivity index (χ0v) is 20.9. The first kappa shape index (κ1) is 24.2. The number of thiophene rings is 1. The summed E-state index contributed by atoms with van der Waals surface area (Å²) >= 11 is 7.84. The zero-order chi connectivity index (χ0) is 23.4. The summed E-state index contributed by atoms with van der Waals surface area (Å²) in [6.45, 7) is 8.92. The van der Waals surface area contributed by atoms with Crippen molar-refractivity contribution in [3.05, 3.63) is 50.9 Å². The molecule has 2 heterocycles. The van der Waals surface area contributed by atoms with Crippen molar-refractivity contribution in [1.29, 1.82) is 0 Å². The molecule has 8 heteroatoms. The minimum Gasteiger partial charge on any atom is -0.462 e. The van der Waals surface area contributed by atoms with Crippen molar-refractivity contribution in [3.8, 4) is 0 Å². The summed E-state index contributed by atoms with van der Waals surface area (Å²) in [4.78, 5) is 31.3. The molecule has 6 nitrogen and oxygen atoms in total. The summed E-state index contributed by atoms with van der Waals surface area (Å²) in [7, 11) is 0. The van der Waals surface area contributed by atoms with E-state index in [4.69, 9.17) is 16.3 Å². The molecule has 1 N–H and O–H groups in total. The lowest BCUT2D eigenvalue weighted by atomic mass is 9.88. The van der Waals surface area contributed by atoms with Crippen LogP contribution in [0.25, 0.3) is 0 Å². The van der Waals surface area contributed by atoms with Gasteiger partial charge in [0.1, 0.15) is 5.00 Å². The van der Waals surface area contributed by atoms with Gasteiger partial charge in [0.2, 0.25) is 5.91 Å². The Hall–Kier alpha value is -1.93. The molecule has 0 radical (unpaired) electrons. The molecule has 2 aromatic rings. The van der Waals surface area contributed by atoms with Gasteiger partial charge in [0.15, 0.2) is 0 Å². The van der Waals surface area contributed by atoms with Gasteiger partial charge in [-0.2, -0.15) is 0 Å². The summed E-state index contributed by atoms with van der Waals surface area (Å²) in [5.74, 6) is 0.191. The van der Waals surface area contributed by atoms with Crippen molar-refractivity contribution in [3.63, 3.8) is 0 Å². The molecule has 1 aromatic heterocycles. The lowest BCUT2D eigenvalue weighted by molar-refractivity contribution is -0.117. The molecular formula is C25H32ClN3O3S. The number of amides is 1. The van der Waals surface area contributed by atoms with Gasteiger partial charge in [-0.3, -0.25) is 14.6 Å². The fourth-order valence-electron chi connectivity index (χ4n) is 4.60. The number of carbonyl (C=O) groups is 2. The molecule has 1 aliphatic carbocycles. The predicted molar refractivity (Wildman–Crippen MR) is 133 cm³/mol. The van der Waals surface area contributed by atoms with E-state index in [9.17, 15) is 9.59 Å². The molecule has 1 amide bonds. The number of halogens is 1. The van der Waals surface area contributed by atoms with E-state index in [1.165, 1.54) is 4.88 Å². The van der Waals surface area contributed by atoms with Crippen LogP contribution in [0.1, 0.15) is 46.6 Å². The highest BCUT2D eigenvalue weighted by Gasteiger charge is 2.29. The van der Waals surface area contributed by atoms with Crippen LogP contribution in [0.4, 0.5) is 5.00 Å². The van der Waals surface area contributed by atoms with E-state index in [-0.39, 0.29) is 11.9 Å². The summed E-state index contributed by atoms with van der Waals surface area (Å²) in [5, 5.41) is 4.48. The van der Waals surface area contributed by atoms with E-state index in [1.54, 1.807) is 11.3 Å². The Balaban J connectivity index is 1.35. The summed E-state index contributed by atoms with van der Waals surface area (Å²) in [6, 6.07) is 7.94. The molecular weight excluding hydrogens is 458 g/mol. The number of hydrogen-bond acceptors (Lipinski definition) is 6. The van der Waals surface area contributed by atoms with E-state index in [0.29, 0.717) is 29.6 Å². The van der Waals surface area contributed by atoms with Gasteiger partial charge in [0.25, 0.3) is 0 Å². The molecule has 1 atom stereocenters. The molecule has 0 bridgehead atoms. The maximum absolute atomic E-state index is 12.9. The number of nitrogens with zero attached hydrogens (tertiary/aromatic N) is 2. The third kappa shape index (κ3) is 5.96. The molecule has 1 unspecified atom stereocenters. The van der Waals surface area contributed by atoms with Gasteiger partial charge in [-0.25, -0.2) is 4.79 Å². The smallest absolute Gasteiger partial charge is 0.341 e. The molecule has 0 spiro atoms. The number of fused-ring (bicyclic) bond motifs is 1. The van der Waals surface area contributed by atoms with Crippen LogP contribution < -0.4 is 5.32 Å². The SMILES string of the molecule is CCOC(=O)c1c(NC(=O)CN2CCN(Cc3ccccc3Cl)CC2)sc2c1CCC(C)C2. The molecule has 33 heavy (non-hydrogen) atoms. The maximum atomic E-state index is 12.9. The highest BCUT2D eigenvalue weighted by atomic mass is 35.5. The number of carbonyl (C=O) groups excluding carboxylic acids is 2. The van der Waals surface area contributed by atoms with Crippen LogP contribution in [-0.2, 0) is 28.9 Å². The first-order chi connectivity index (χ1) is 15.9. The minimum atomic E-state index is -0.326. The van der Waals surface area contributed by atoms with E-state index >= 15 is 0 Å². The van der Waals surface area contributed by atoms with Crippen LogP contribution in [0.2, 0.25) is 5.02 Å². The number of ether oxygens (including phenoxy) is 1. The summed E-state index contributed by atoms with van der Waals surface area (Å²) in [5.41, 5.74) is 2.77. The van der Waals surface area contributed by atoms with E-state index in [1.807, 2.05) is 25.1 Å². The van der Waals surface area contributed by atoms with Crippen molar-refractivity contribution in [1.82, 2.24) is 9.80 Å². The number of hydrogen-bond donors (Lipinski definition) is 1. The van der Waals surface area contributed by atoms with Crippen molar-refractivity contribution in [2.45, 2.75) is 39.7 Å². The minimum absolute atomic E-state index is 0.0771. The van der Waals surface area contributed by atoms with Crippen LogP contribution >= 0.6 is 22.9 Å². The zero-order valence-electron chi connectivity index (χ0n) is 19.4. The number of esters is 1. The summed E-state index contributed by atoms with van der Waals surface area (Å²) in [6.07, 6.45) is 2.88. The first-order valence-corrected chi connectivity index (χ1v) is 12.9. The molecule has 2 aliphatic rings. The second-order valence-electron chi connectivity index (χ2n) is 8.97. The van der Waals surface area contributed by atoms with Gasteiger partial charge in [0, 0.05) is 42.6 Å². The quantitative estimate of drug-likeness (QED) is 0.582. The number of anilines is 1. The second-order valence-corrected chi connectivity index (χ2v) is 10.5. The largest absolute Gasteiger partial charge is 0.462 e. The lowest BCUT2D eigenvalue weighted by Crippen LogP contribution is -2.48. The van der Waals surface area contributed by atoms with Crippen molar-refractivity contribution in [2.24, 2.45) is 5.92 Å². The van der Waals surface area contributed by atoms with Gasteiger partial charge in [-0.15, -0.1) is 11.3 Å². The van der Waals surface area contributed by atoms with Crippen LogP contribution in [0.15, 0.2) is 24.3 Å². The average molecular weight is 490 g/mol. The molecule has 1 aliphatic heterocycles. The van der Waals surface area contributed by atoms with Gasteiger partial charge in [0.05, 0.1) is 18.7 Å². The molecule has 1 saturated heterocycles. The van der Waals surface area contributed by atoms with Gasteiger partial charge in [-0.1, -0.05) is 36.7 Å². The Morgan fingerprint density at radius 1 is 1.18 bits per heavy atom. The third-order valence-corrected chi connectivity index (χ3v) is 7.97. The predicted octanol–water partition coefficient (Wildman–Crippen LogP) is 4.46. The third-order valence-electron chi connectivity index (χ3n) is 6.43. The Morgan fingerprint density at radius 3 is 2.64 bits per heavy atom. The van der Waals surface area contributed by atoms with Crippen molar-refractivity contribution < 1.29 is 14.3 Å². The van der Waals surface area contributed by atoms with Crippen LogP contribution in [-0.4, -0.2) is 61.0 Å². The van der Waals surface area contributed by atoms with Crippen LogP contribution in [0.3, 0.4) is 0 Å². The van der Waals surface area contributed by atoms with Gasteiger partial charge >= 0.3 is 5.97 Å². The van der Waals surface area contributed by atoms with Crippen molar-refractivity contribution >= 4 is 39.8 Å². The molecule has 1 fully saturated rings. The van der Waals surface area contributed by atoms with Crippen LogP contribution in [0, 0.1) is 5.92 Å². The highest BCUT2D eigenvalue weighted by Crippen LogP contribution is 2.40. The van der Waals surface area contributed by atoms with Gasteiger partial charge in [-0.05, 0) is 49.3 Å². The maximum Gasteiger partial charge on any atom is 0.341 e. The Morgan fingerprint density at radius 2 is 1.91 bits per heavy atom. The topological polar surface area (TPSA) is 61.9 Å². The fraction of sp³-hybridized carbons (Fsp3) is 0.520. The highest BCUT2D eigenvalue weighted by molar-refractivity contribution is 7.17. The molecule has 178 valence electrons. The number of benzene rings is 1. The molecule has 1 aromatic carbocycles. The van der Waals surface area contributed by atoms with E-state index in [0.717, 1.165) is 68.1 Å². The Labute approximate surface area is 204 Å². The molecule has 4 rings (SSSR count). The Bertz CT molecular complexity index is 1000. The lowest BCUT2D eigenvalue weighted by Gasteiger charge is -2.34. The first-order valence-electron chi connectivity index (χ1n) is 11.7. The van der Waals surface area contributed by atoms with Gasteiger partial charge < -0.3 is 10.1 Å². The number of nitrogens with one attached hydrogen (secondary N) is 1. The van der Waals surface area contributed by atoms with E-state index < -0.39 is 0 Å². The van der Waals surface area contributed by atoms with Crippen molar-refractivity contribution in [2.75, 3.05) is 44.6 Å².